The highest BCUT2D eigenvalue weighted by Gasteiger charge is 2.45. The summed E-state index contributed by atoms with van der Waals surface area (Å²) in [5.74, 6) is -0.346. The Balaban J connectivity index is 2.12. The number of carbonyl (C=O) groups is 2. The molecular formula is C27H34N2O6. The molecule has 0 radical (unpaired) electrons. The first-order valence-corrected chi connectivity index (χ1v) is 11.9. The fraction of sp³-hybridized carbons (Fsp3) is 0.407. The molecular weight excluding hydrogens is 448 g/mol. The van der Waals surface area contributed by atoms with Gasteiger partial charge in [0.15, 0.2) is 0 Å². The predicted octanol–water partition coefficient (Wildman–Crippen LogP) is 1.25. The molecule has 3 rings (SSSR count). The molecule has 1 atom stereocenters. The van der Waals surface area contributed by atoms with Crippen LogP contribution in [0, 0.1) is 0 Å². The van der Waals surface area contributed by atoms with Crippen molar-refractivity contribution >= 4 is 17.4 Å². The molecule has 1 aliphatic heterocycles. The minimum atomic E-state index is -0.874. The summed E-state index contributed by atoms with van der Waals surface area (Å²) in [6, 6.07) is 10.8. The third-order valence-electron chi connectivity index (χ3n) is 6.54. The van der Waals surface area contributed by atoms with Gasteiger partial charge in [-0.05, 0) is 49.7 Å². The smallest absolute Gasteiger partial charge is 0.295 e. The number of benzene rings is 2. The second-order valence-corrected chi connectivity index (χ2v) is 8.37. The molecule has 8 heteroatoms. The van der Waals surface area contributed by atoms with E-state index < -0.39 is 23.5 Å². The zero-order valence-electron chi connectivity index (χ0n) is 21.1. The highest BCUT2D eigenvalue weighted by molar-refractivity contribution is 6.46. The summed E-state index contributed by atoms with van der Waals surface area (Å²) in [5.41, 5.74) is 0.767. The number of Topliss-reactive ketones (excluding diaryl/α,β-unsaturated/α-hetero) is 1. The number of carbonyl (C=O) groups excluding carboxylic acids is 2. The van der Waals surface area contributed by atoms with Crippen molar-refractivity contribution in [3.63, 3.8) is 0 Å². The van der Waals surface area contributed by atoms with Crippen LogP contribution >= 0.6 is 0 Å². The number of nitrogens with one attached hydrogen (secondary N) is 1. The number of likely N-dealkylation sites (tertiary alicyclic amines) is 1. The van der Waals surface area contributed by atoms with Crippen molar-refractivity contribution in [2.45, 2.75) is 26.3 Å². The van der Waals surface area contributed by atoms with Gasteiger partial charge in [-0.1, -0.05) is 17.9 Å². The maximum atomic E-state index is 13.6. The van der Waals surface area contributed by atoms with E-state index in [0.29, 0.717) is 41.3 Å². The highest BCUT2D eigenvalue weighted by Crippen LogP contribution is 2.43. The molecule has 1 unspecified atom stereocenters. The van der Waals surface area contributed by atoms with Crippen molar-refractivity contribution in [2.75, 3.05) is 47.5 Å². The molecule has 188 valence electrons. The van der Waals surface area contributed by atoms with Gasteiger partial charge in [0, 0.05) is 24.1 Å². The molecule has 1 heterocycles. The van der Waals surface area contributed by atoms with E-state index >= 15 is 0 Å². The number of ether oxygens (including phenoxy) is 3. The van der Waals surface area contributed by atoms with Crippen molar-refractivity contribution in [1.82, 2.24) is 4.90 Å². The molecule has 0 aromatic heterocycles. The Morgan fingerprint density at radius 1 is 0.943 bits per heavy atom. The minimum Gasteiger partial charge on any atom is -0.872 e. The second-order valence-electron chi connectivity index (χ2n) is 8.37. The van der Waals surface area contributed by atoms with Crippen LogP contribution in [-0.2, 0) is 9.59 Å². The molecule has 1 N–H and O–H groups in total. The lowest BCUT2D eigenvalue weighted by molar-refractivity contribution is -0.896. The first-order valence-electron chi connectivity index (χ1n) is 11.9. The van der Waals surface area contributed by atoms with Gasteiger partial charge < -0.3 is 29.1 Å². The quantitative estimate of drug-likeness (QED) is 0.295. The summed E-state index contributed by atoms with van der Waals surface area (Å²) < 4.78 is 16.1. The average Bonchev–Trinajstić information content (AvgIpc) is 3.15. The van der Waals surface area contributed by atoms with Gasteiger partial charge >= 0.3 is 0 Å². The van der Waals surface area contributed by atoms with Gasteiger partial charge in [0.2, 0.25) is 5.78 Å². The number of methoxy groups -OCH3 is 3. The van der Waals surface area contributed by atoms with E-state index in [1.54, 1.807) is 42.5 Å². The van der Waals surface area contributed by atoms with Crippen LogP contribution in [0.4, 0.5) is 0 Å². The number of hydrogen-bond donors (Lipinski definition) is 1. The molecule has 8 nitrogen and oxygen atoms in total. The van der Waals surface area contributed by atoms with Crippen molar-refractivity contribution in [2.24, 2.45) is 0 Å². The summed E-state index contributed by atoms with van der Waals surface area (Å²) in [6.45, 7) is 7.39. The number of amides is 1. The number of quaternary nitrogens is 1. The number of hydrogen-bond acceptors (Lipinski definition) is 6. The maximum absolute atomic E-state index is 13.6. The Bertz CT molecular complexity index is 1080. The van der Waals surface area contributed by atoms with E-state index in [2.05, 4.69) is 13.8 Å². The van der Waals surface area contributed by atoms with Gasteiger partial charge in [-0.25, -0.2) is 0 Å². The van der Waals surface area contributed by atoms with Crippen LogP contribution in [0.2, 0.25) is 0 Å². The summed E-state index contributed by atoms with van der Waals surface area (Å²) in [4.78, 5) is 29.4. The van der Waals surface area contributed by atoms with Gasteiger partial charge in [-0.15, -0.1) is 0 Å². The fourth-order valence-corrected chi connectivity index (χ4v) is 4.48. The molecule has 1 amide bonds. The fourth-order valence-electron chi connectivity index (χ4n) is 4.48. The third kappa shape index (κ3) is 5.43. The van der Waals surface area contributed by atoms with Crippen molar-refractivity contribution in [3.8, 4) is 17.2 Å². The van der Waals surface area contributed by atoms with Crippen LogP contribution in [0.5, 0.6) is 17.2 Å². The first kappa shape index (κ1) is 26.1. The average molecular weight is 483 g/mol. The maximum Gasteiger partial charge on any atom is 0.295 e. The van der Waals surface area contributed by atoms with Gasteiger partial charge in [-0.2, -0.15) is 0 Å². The molecule has 1 aliphatic rings. The van der Waals surface area contributed by atoms with Crippen LogP contribution < -0.4 is 24.2 Å². The molecule has 35 heavy (non-hydrogen) atoms. The highest BCUT2D eigenvalue weighted by atomic mass is 16.5. The van der Waals surface area contributed by atoms with Crippen molar-refractivity contribution in [1.29, 1.82) is 0 Å². The van der Waals surface area contributed by atoms with Gasteiger partial charge in [0.25, 0.3) is 5.91 Å². The van der Waals surface area contributed by atoms with E-state index in [9.17, 15) is 14.7 Å². The Morgan fingerprint density at radius 2 is 1.57 bits per heavy atom. The Labute approximate surface area is 206 Å². The van der Waals surface area contributed by atoms with Crippen LogP contribution in [0.25, 0.3) is 5.76 Å². The van der Waals surface area contributed by atoms with E-state index in [0.717, 1.165) is 19.6 Å². The summed E-state index contributed by atoms with van der Waals surface area (Å²) in [7, 11) is 4.59. The molecule has 0 saturated carbocycles. The van der Waals surface area contributed by atoms with E-state index in [-0.39, 0.29) is 5.57 Å². The lowest BCUT2D eigenvalue weighted by Crippen LogP contribution is -3.11. The largest absolute Gasteiger partial charge is 0.872 e. The first-order chi connectivity index (χ1) is 16.9. The zero-order valence-corrected chi connectivity index (χ0v) is 21.1. The van der Waals surface area contributed by atoms with E-state index in [4.69, 9.17) is 14.2 Å². The molecule has 0 spiro atoms. The molecule has 1 saturated heterocycles. The van der Waals surface area contributed by atoms with Crippen molar-refractivity contribution < 1.29 is 33.8 Å². The number of nitrogens with zero attached hydrogens (tertiary/aromatic N) is 1. The summed E-state index contributed by atoms with van der Waals surface area (Å²) in [5, 5.41) is 13.6. The number of rotatable bonds is 11. The monoisotopic (exact) mass is 482 g/mol. The summed E-state index contributed by atoms with van der Waals surface area (Å²) >= 11 is 0. The van der Waals surface area contributed by atoms with Crippen LogP contribution in [0.1, 0.15) is 37.4 Å². The minimum absolute atomic E-state index is 0.0816. The lowest BCUT2D eigenvalue weighted by Gasteiger charge is -2.29. The predicted molar refractivity (Wildman–Crippen MR) is 130 cm³/mol. The SMILES string of the molecule is CC[NH+](CC)CCCN1C(=O)C(=O)C(=C([O-])c2ccc(OC)cc2)C1c1cc(OC)ccc1OC. The van der Waals surface area contributed by atoms with Gasteiger partial charge in [0.1, 0.15) is 17.2 Å². The Kier molecular flexibility index (Phi) is 8.76. The molecule has 1 fully saturated rings. The molecule has 2 aromatic rings. The molecule has 0 aliphatic carbocycles. The normalized spacial score (nSPS) is 17.2. The third-order valence-corrected chi connectivity index (χ3v) is 6.54. The van der Waals surface area contributed by atoms with Gasteiger partial charge in [-0.3, -0.25) is 9.59 Å². The Hall–Kier alpha value is -3.52. The van der Waals surface area contributed by atoms with Crippen LogP contribution in [-0.4, -0.2) is 64.1 Å². The van der Waals surface area contributed by atoms with Crippen molar-refractivity contribution in [3.05, 3.63) is 59.2 Å². The number of ketones is 1. The zero-order chi connectivity index (χ0) is 25.5. The molecule has 2 aromatic carbocycles. The standard InChI is InChI=1S/C27H34N2O6/c1-6-28(7-2)15-8-16-29-24(21-17-20(34-4)13-14-22(21)35-5)23(26(31)27(29)32)25(30)18-9-11-19(33-3)12-10-18/h9-14,17,24,30H,6-8,15-16H2,1-5H3. The molecule has 0 bridgehead atoms. The summed E-state index contributed by atoms with van der Waals surface area (Å²) in [6.07, 6.45) is 0.697. The Morgan fingerprint density at radius 3 is 2.14 bits per heavy atom. The van der Waals surface area contributed by atoms with Crippen LogP contribution in [0.3, 0.4) is 0 Å². The van der Waals surface area contributed by atoms with E-state index in [1.165, 1.54) is 31.1 Å². The van der Waals surface area contributed by atoms with E-state index in [1.807, 2.05) is 0 Å². The second kappa shape index (κ2) is 11.8. The topological polar surface area (TPSA) is 92.6 Å². The van der Waals surface area contributed by atoms with Gasteiger partial charge in [0.05, 0.1) is 47.0 Å². The lowest BCUT2D eigenvalue weighted by atomic mass is 9.94. The van der Waals surface area contributed by atoms with Crippen LogP contribution in [0.15, 0.2) is 48.0 Å².